The molecule has 1 N–H and O–H groups in total. The molecule has 0 saturated carbocycles. The van der Waals surface area contributed by atoms with Crippen LogP contribution in [0.3, 0.4) is 0 Å². The van der Waals surface area contributed by atoms with Crippen LogP contribution < -0.4 is 10.1 Å². The lowest BCUT2D eigenvalue weighted by Gasteiger charge is -2.39. The fourth-order valence-electron chi connectivity index (χ4n) is 2.98. The van der Waals surface area contributed by atoms with Crippen LogP contribution in [0.5, 0.6) is 5.75 Å². The summed E-state index contributed by atoms with van der Waals surface area (Å²) in [5.74, 6) is 0.974. The van der Waals surface area contributed by atoms with Crippen molar-refractivity contribution in [1.29, 1.82) is 0 Å². The molecule has 2 heterocycles. The predicted octanol–water partition coefficient (Wildman–Crippen LogP) is 3.78. The van der Waals surface area contributed by atoms with Crippen LogP contribution in [-0.2, 0) is 5.54 Å². The Bertz CT molecular complexity index is 630. The highest BCUT2D eigenvalue weighted by Gasteiger charge is 2.42. The maximum atomic E-state index is 5.86. The molecule has 1 aliphatic heterocycles. The number of hydrogen-bond acceptors (Lipinski definition) is 4. The highest BCUT2D eigenvalue weighted by molar-refractivity contribution is 7.11. The van der Waals surface area contributed by atoms with Crippen LogP contribution in [0.2, 0.25) is 0 Å². The zero-order valence-corrected chi connectivity index (χ0v) is 13.9. The lowest BCUT2D eigenvalue weighted by atomic mass is 9.84. The van der Waals surface area contributed by atoms with E-state index in [1.165, 1.54) is 10.4 Å². The number of aromatic nitrogens is 1. The minimum atomic E-state index is -0.229. The monoisotopic (exact) mass is 302 g/mol. The van der Waals surface area contributed by atoms with Crippen LogP contribution >= 0.6 is 11.3 Å². The van der Waals surface area contributed by atoms with Crippen molar-refractivity contribution in [2.45, 2.75) is 45.7 Å². The quantitative estimate of drug-likeness (QED) is 0.937. The topological polar surface area (TPSA) is 34.2 Å². The summed E-state index contributed by atoms with van der Waals surface area (Å²) in [6.45, 7) is 9.32. The van der Waals surface area contributed by atoms with Gasteiger partial charge in [-0.25, -0.2) is 4.98 Å². The van der Waals surface area contributed by atoms with Crippen molar-refractivity contribution in [3.05, 3.63) is 45.4 Å². The van der Waals surface area contributed by atoms with E-state index in [9.17, 15) is 0 Å². The fraction of sp³-hybridized carbons (Fsp3) is 0.471. The van der Waals surface area contributed by atoms with Gasteiger partial charge in [0.2, 0.25) is 0 Å². The van der Waals surface area contributed by atoms with Crippen LogP contribution in [0, 0.1) is 13.8 Å². The van der Waals surface area contributed by atoms with Gasteiger partial charge in [-0.3, -0.25) is 5.32 Å². The third-order valence-corrected chi connectivity index (χ3v) is 5.24. The van der Waals surface area contributed by atoms with Crippen molar-refractivity contribution in [3.63, 3.8) is 0 Å². The molecule has 2 aromatic rings. The Morgan fingerprint density at radius 2 is 2.05 bits per heavy atom. The normalized spacial score (nSPS) is 21.2. The zero-order chi connectivity index (χ0) is 15.0. The second-order valence-corrected chi connectivity index (χ2v) is 7.16. The van der Waals surface area contributed by atoms with Gasteiger partial charge in [0.25, 0.3) is 0 Å². The van der Waals surface area contributed by atoms with Crippen LogP contribution in [0.4, 0.5) is 0 Å². The first-order valence-corrected chi connectivity index (χ1v) is 8.29. The molecule has 1 aliphatic rings. The Kier molecular flexibility index (Phi) is 3.76. The Balaban J connectivity index is 2.19. The van der Waals surface area contributed by atoms with Gasteiger partial charge in [0, 0.05) is 22.9 Å². The SMILES string of the molecule is Cc1nc(C2(NC(C)C)CCOc3ccccc32)sc1C. The maximum absolute atomic E-state index is 5.86. The van der Waals surface area contributed by atoms with Crippen LogP contribution in [-0.4, -0.2) is 17.6 Å². The highest BCUT2D eigenvalue weighted by Crippen LogP contribution is 2.43. The first-order chi connectivity index (χ1) is 10.0. The number of ether oxygens (including phenoxy) is 1. The minimum Gasteiger partial charge on any atom is -0.493 e. The minimum absolute atomic E-state index is 0.229. The van der Waals surface area contributed by atoms with Gasteiger partial charge < -0.3 is 4.74 Å². The molecule has 3 nitrogen and oxygen atoms in total. The van der Waals surface area contributed by atoms with Gasteiger partial charge in [-0.1, -0.05) is 18.2 Å². The average molecular weight is 302 g/mol. The molecule has 112 valence electrons. The molecule has 3 rings (SSSR count). The van der Waals surface area contributed by atoms with E-state index in [2.05, 4.69) is 51.2 Å². The molecule has 0 bridgehead atoms. The molecular weight excluding hydrogens is 280 g/mol. The summed E-state index contributed by atoms with van der Waals surface area (Å²) in [5, 5.41) is 4.93. The van der Waals surface area contributed by atoms with Crippen molar-refractivity contribution < 1.29 is 4.74 Å². The Hall–Kier alpha value is -1.39. The maximum Gasteiger partial charge on any atom is 0.124 e. The number of fused-ring (bicyclic) bond motifs is 1. The van der Waals surface area contributed by atoms with E-state index in [4.69, 9.17) is 9.72 Å². The third-order valence-electron chi connectivity index (χ3n) is 4.01. The first kappa shape index (κ1) is 14.5. The molecule has 0 saturated heterocycles. The lowest BCUT2D eigenvalue weighted by molar-refractivity contribution is 0.202. The summed E-state index contributed by atoms with van der Waals surface area (Å²) in [6, 6.07) is 8.70. The molecule has 1 aromatic heterocycles. The number of thiazole rings is 1. The number of aryl methyl sites for hydroxylation is 2. The third kappa shape index (κ3) is 2.47. The summed E-state index contributed by atoms with van der Waals surface area (Å²) in [4.78, 5) is 6.15. The number of para-hydroxylation sites is 1. The second kappa shape index (κ2) is 5.43. The van der Waals surface area contributed by atoms with E-state index in [1.54, 1.807) is 11.3 Å². The summed E-state index contributed by atoms with van der Waals surface area (Å²) >= 11 is 1.80. The Labute approximate surface area is 130 Å². The molecule has 1 unspecified atom stereocenters. The average Bonchev–Trinajstić information content (AvgIpc) is 2.79. The van der Waals surface area contributed by atoms with Gasteiger partial charge in [0.1, 0.15) is 16.3 Å². The van der Waals surface area contributed by atoms with Crippen molar-refractivity contribution in [1.82, 2.24) is 10.3 Å². The Morgan fingerprint density at radius 3 is 2.71 bits per heavy atom. The molecule has 0 spiro atoms. The molecule has 0 amide bonds. The van der Waals surface area contributed by atoms with Crippen molar-refractivity contribution in [3.8, 4) is 5.75 Å². The first-order valence-electron chi connectivity index (χ1n) is 7.47. The van der Waals surface area contributed by atoms with Gasteiger partial charge >= 0.3 is 0 Å². The zero-order valence-electron chi connectivity index (χ0n) is 13.1. The molecular formula is C17H22N2OS. The highest BCUT2D eigenvalue weighted by atomic mass is 32.1. The van der Waals surface area contributed by atoms with Gasteiger partial charge in [-0.05, 0) is 33.8 Å². The number of nitrogens with one attached hydrogen (secondary N) is 1. The summed E-state index contributed by atoms with van der Waals surface area (Å²) in [5.41, 5.74) is 2.11. The number of nitrogens with zero attached hydrogens (tertiary/aromatic N) is 1. The summed E-state index contributed by atoms with van der Waals surface area (Å²) in [7, 11) is 0. The van der Waals surface area contributed by atoms with Crippen LogP contribution in [0.1, 0.15) is 41.4 Å². The van der Waals surface area contributed by atoms with E-state index in [0.717, 1.165) is 22.9 Å². The van der Waals surface area contributed by atoms with Gasteiger partial charge in [0.05, 0.1) is 12.3 Å². The molecule has 0 aliphatic carbocycles. The van der Waals surface area contributed by atoms with Gasteiger partial charge in [-0.2, -0.15) is 0 Å². The molecule has 0 radical (unpaired) electrons. The summed E-state index contributed by atoms with van der Waals surface area (Å²) in [6.07, 6.45) is 0.911. The van der Waals surface area contributed by atoms with E-state index in [-0.39, 0.29) is 5.54 Å². The van der Waals surface area contributed by atoms with Gasteiger partial charge in [0.15, 0.2) is 0 Å². The molecule has 21 heavy (non-hydrogen) atoms. The largest absolute Gasteiger partial charge is 0.493 e. The van der Waals surface area contributed by atoms with E-state index < -0.39 is 0 Å². The van der Waals surface area contributed by atoms with Crippen molar-refractivity contribution in [2.75, 3.05) is 6.61 Å². The van der Waals surface area contributed by atoms with Crippen molar-refractivity contribution >= 4 is 11.3 Å². The molecule has 0 fully saturated rings. The predicted molar refractivity (Wildman–Crippen MR) is 87.2 cm³/mol. The van der Waals surface area contributed by atoms with E-state index in [0.29, 0.717) is 12.6 Å². The molecule has 1 atom stereocenters. The van der Waals surface area contributed by atoms with Crippen LogP contribution in [0.25, 0.3) is 0 Å². The fourth-order valence-corrected chi connectivity index (χ4v) is 4.09. The number of hydrogen-bond donors (Lipinski definition) is 1. The standard InChI is InChI=1S/C17H22N2OS/c1-11(2)19-17(16-18-12(3)13(4)21-16)9-10-20-15-8-6-5-7-14(15)17/h5-8,11,19H,9-10H2,1-4H3. The number of benzene rings is 1. The van der Waals surface area contributed by atoms with Crippen molar-refractivity contribution in [2.24, 2.45) is 0 Å². The number of rotatable bonds is 3. The van der Waals surface area contributed by atoms with Crippen LogP contribution in [0.15, 0.2) is 24.3 Å². The molecule has 4 heteroatoms. The second-order valence-electron chi connectivity index (χ2n) is 5.96. The smallest absolute Gasteiger partial charge is 0.124 e. The Morgan fingerprint density at radius 1 is 1.29 bits per heavy atom. The van der Waals surface area contributed by atoms with Gasteiger partial charge in [-0.15, -0.1) is 11.3 Å². The van der Waals surface area contributed by atoms with E-state index >= 15 is 0 Å². The molecule has 1 aromatic carbocycles. The van der Waals surface area contributed by atoms with E-state index in [1.807, 2.05) is 6.07 Å². The lowest BCUT2D eigenvalue weighted by Crippen LogP contribution is -2.49. The summed E-state index contributed by atoms with van der Waals surface area (Å²) < 4.78 is 5.86.